The van der Waals surface area contributed by atoms with Crippen LogP contribution in [0.3, 0.4) is 0 Å². The minimum absolute atomic E-state index is 0.251. The standard InChI is InChI=1S/C15H21NO5/c1-18-12-6-7-13(19-2)11(9-12)5-8-14(17)16-10-15(20-3)21-4/h5-9,15H,10H2,1-4H3,(H,16,17)/b8-5+. The average Bonchev–Trinajstić information content (AvgIpc) is 2.53. The van der Waals surface area contributed by atoms with Gasteiger partial charge in [-0.1, -0.05) is 0 Å². The number of benzene rings is 1. The Balaban J connectivity index is 2.68. The molecule has 116 valence electrons. The van der Waals surface area contributed by atoms with Crippen LogP contribution in [0.4, 0.5) is 0 Å². The highest BCUT2D eigenvalue weighted by Crippen LogP contribution is 2.24. The fourth-order valence-electron chi connectivity index (χ4n) is 1.64. The second-order valence-electron chi connectivity index (χ2n) is 4.09. The van der Waals surface area contributed by atoms with E-state index in [1.807, 2.05) is 0 Å². The lowest BCUT2D eigenvalue weighted by Gasteiger charge is -2.13. The topological polar surface area (TPSA) is 66.0 Å². The molecule has 0 radical (unpaired) electrons. The average molecular weight is 295 g/mol. The third kappa shape index (κ3) is 5.45. The molecule has 6 heteroatoms. The molecule has 0 aliphatic heterocycles. The smallest absolute Gasteiger partial charge is 0.244 e. The van der Waals surface area contributed by atoms with Crippen LogP contribution < -0.4 is 14.8 Å². The van der Waals surface area contributed by atoms with Crippen molar-refractivity contribution in [2.45, 2.75) is 6.29 Å². The van der Waals surface area contributed by atoms with Gasteiger partial charge >= 0.3 is 0 Å². The lowest BCUT2D eigenvalue weighted by molar-refractivity contribution is -0.123. The van der Waals surface area contributed by atoms with Crippen LogP contribution in [0.1, 0.15) is 5.56 Å². The molecule has 0 saturated heterocycles. The Morgan fingerprint density at radius 1 is 1.19 bits per heavy atom. The lowest BCUT2D eigenvalue weighted by Crippen LogP contribution is -2.33. The number of carbonyl (C=O) groups is 1. The third-order valence-electron chi connectivity index (χ3n) is 2.82. The maximum Gasteiger partial charge on any atom is 0.244 e. The third-order valence-corrected chi connectivity index (χ3v) is 2.82. The first-order valence-corrected chi connectivity index (χ1v) is 6.38. The van der Waals surface area contributed by atoms with Gasteiger partial charge < -0.3 is 24.3 Å². The summed E-state index contributed by atoms with van der Waals surface area (Å²) < 4.78 is 20.3. The van der Waals surface area contributed by atoms with Gasteiger partial charge in [0.05, 0.1) is 20.8 Å². The van der Waals surface area contributed by atoms with Crippen LogP contribution in [0.2, 0.25) is 0 Å². The molecule has 0 bridgehead atoms. The quantitative estimate of drug-likeness (QED) is 0.581. The van der Waals surface area contributed by atoms with Crippen molar-refractivity contribution in [3.63, 3.8) is 0 Å². The van der Waals surface area contributed by atoms with Crippen LogP contribution in [0.5, 0.6) is 11.5 Å². The summed E-state index contributed by atoms with van der Waals surface area (Å²) in [4.78, 5) is 11.7. The van der Waals surface area contributed by atoms with Crippen molar-refractivity contribution in [3.8, 4) is 11.5 Å². The van der Waals surface area contributed by atoms with Gasteiger partial charge in [0.25, 0.3) is 0 Å². The molecule has 1 aromatic carbocycles. The number of rotatable bonds is 8. The van der Waals surface area contributed by atoms with E-state index < -0.39 is 6.29 Å². The molecule has 0 aliphatic carbocycles. The monoisotopic (exact) mass is 295 g/mol. The van der Waals surface area contributed by atoms with Gasteiger partial charge in [-0.15, -0.1) is 0 Å². The minimum atomic E-state index is -0.464. The second kappa shape index (κ2) is 8.99. The number of methoxy groups -OCH3 is 4. The Hall–Kier alpha value is -2.05. The summed E-state index contributed by atoms with van der Waals surface area (Å²) in [5, 5.41) is 2.67. The number of amides is 1. The summed E-state index contributed by atoms with van der Waals surface area (Å²) in [5.74, 6) is 1.10. The van der Waals surface area contributed by atoms with Crippen LogP contribution in [0.15, 0.2) is 24.3 Å². The fraction of sp³-hybridized carbons (Fsp3) is 0.400. The first-order chi connectivity index (χ1) is 10.1. The van der Waals surface area contributed by atoms with Crippen LogP contribution in [0.25, 0.3) is 6.08 Å². The van der Waals surface area contributed by atoms with Crippen molar-refractivity contribution in [1.82, 2.24) is 5.32 Å². The van der Waals surface area contributed by atoms with E-state index in [0.29, 0.717) is 11.5 Å². The molecule has 1 aromatic rings. The zero-order chi connectivity index (χ0) is 15.7. The summed E-state index contributed by atoms with van der Waals surface area (Å²) in [6, 6.07) is 5.36. The molecular formula is C15H21NO5. The molecule has 0 aliphatic rings. The van der Waals surface area contributed by atoms with E-state index in [2.05, 4.69) is 5.32 Å². The van der Waals surface area contributed by atoms with E-state index >= 15 is 0 Å². The molecule has 1 N–H and O–H groups in total. The van der Waals surface area contributed by atoms with Gasteiger partial charge in [-0.05, 0) is 24.3 Å². The summed E-state index contributed by atoms with van der Waals surface area (Å²) >= 11 is 0. The lowest BCUT2D eigenvalue weighted by atomic mass is 10.1. The van der Waals surface area contributed by atoms with Crippen molar-refractivity contribution in [1.29, 1.82) is 0 Å². The molecule has 1 amide bonds. The van der Waals surface area contributed by atoms with E-state index in [9.17, 15) is 4.79 Å². The van der Waals surface area contributed by atoms with Gasteiger partial charge in [0.15, 0.2) is 6.29 Å². The number of hydrogen-bond acceptors (Lipinski definition) is 5. The Morgan fingerprint density at radius 3 is 2.48 bits per heavy atom. The van der Waals surface area contributed by atoms with E-state index in [-0.39, 0.29) is 12.5 Å². The van der Waals surface area contributed by atoms with Crippen LogP contribution in [0, 0.1) is 0 Å². The first-order valence-electron chi connectivity index (χ1n) is 6.38. The highest BCUT2D eigenvalue weighted by molar-refractivity contribution is 5.92. The molecular weight excluding hydrogens is 274 g/mol. The molecule has 0 spiro atoms. The number of hydrogen-bond donors (Lipinski definition) is 1. The predicted octanol–water partition coefficient (Wildman–Crippen LogP) is 1.45. The van der Waals surface area contributed by atoms with E-state index in [1.54, 1.807) is 38.5 Å². The summed E-state index contributed by atoms with van der Waals surface area (Å²) in [6.07, 6.45) is 2.61. The molecule has 1 rings (SSSR count). The van der Waals surface area contributed by atoms with E-state index in [1.165, 1.54) is 20.3 Å². The molecule has 0 unspecified atom stereocenters. The van der Waals surface area contributed by atoms with Crippen LogP contribution >= 0.6 is 0 Å². The largest absolute Gasteiger partial charge is 0.497 e. The van der Waals surface area contributed by atoms with Crippen molar-refractivity contribution >= 4 is 12.0 Å². The van der Waals surface area contributed by atoms with Gasteiger partial charge in [-0.2, -0.15) is 0 Å². The zero-order valence-corrected chi connectivity index (χ0v) is 12.7. The van der Waals surface area contributed by atoms with Crippen molar-refractivity contribution in [3.05, 3.63) is 29.8 Å². The van der Waals surface area contributed by atoms with Crippen LogP contribution in [-0.2, 0) is 14.3 Å². The molecule has 0 atom stereocenters. The molecule has 0 saturated carbocycles. The Labute approximate surface area is 124 Å². The Kier molecular flexibility index (Phi) is 7.28. The normalized spacial score (nSPS) is 10.9. The summed E-state index contributed by atoms with van der Waals surface area (Å²) in [5.41, 5.74) is 0.752. The number of ether oxygens (including phenoxy) is 4. The first kappa shape index (κ1) is 17.0. The van der Waals surface area contributed by atoms with E-state index in [4.69, 9.17) is 18.9 Å². The number of carbonyl (C=O) groups excluding carboxylic acids is 1. The van der Waals surface area contributed by atoms with Crippen LogP contribution in [-0.4, -0.2) is 47.2 Å². The SMILES string of the molecule is COc1ccc(OC)c(/C=C/C(=O)NCC(OC)OC)c1. The van der Waals surface area contributed by atoms with E-state index in [0.717, 1.165) is 5.56 Å². The van der Waals surface area contributed by atoms with Gasteiger partial charge in [-0.3, -0.25) is 4.79 Å². The molecule has 0 aromatic heterocycles. The maximum absolute atomic E-state index is 11.7. The van der Waals surface area contributed by atoms with Gasteiger partial charge in [0, 0.05) is 25.9 Å². The summed E-state index contributed by atoms with van der Waals surface area (Å²) in [6.45, 7) is 0.269. The predicted molar refractivity (Wildman–Crippen MR) is 79.4 cm³/mol. The Morgan fingerprint density at radius 2 is 1.90 bits per heavy atom. The summed E-state index contributed by atoms with van der Waals surface area (Å²) in [7, 11) is 6.17. The molecule has 0 fully saturated rings. The maximum atomic E-state index is 11.7. The van der Waals surface area contributed by atoms with Crippen molar-refractivity contribution in [2.24, 2.45) is 0 Å². The highest BCUT2D eigenvalue weighted by Gasteiger charge is 2.06. The fourth-order valence-corrected chi connectivity index (χ4v) is 1.64. The van der Waals surface area contributed by atoms with Gasteiger partial charge in [0.1, 0.15) is 11.5 Å². The number of nitrogens with one attached hydrogen (secondary N) is 1. The van der Waals surface area contributed by atoms with Crippen molar-refractivity contribution < 1.29 is 23.7 Å². The molecule has 6 nitrogen and oxygen atoms in total. The Bertz CT molecular complexity index is 483. The zero-order valence-electron chi connectivity index (χ0n) is 12.7. The molecule has 0 heterocycles. The minimum Gasteiger partial charge on any atom is -0.497 e. The highest BCUT2D eigenvalue weighted by atomic mass is 16.7. The molecule has 21 heavy (non-hydrogen) atoms. The van der Waals surface area contributed by atoms with Crippen molar-refractivity contribution in [2.75, 3.05) is 35.0 Å². The van der Waals surface area contributed by atoms with Gasteiger partial charge in [0.2, 0.25) is 5.91 Å². The second-order valence-corrected chi connectivity index (χ2v) is 4.09. The van der Waals surface area contributed by atoms with Gasteiger partial charge in [-0.25, -0.2) is 0 Å².